The fraction of sp³-hybridized carbons (Fsp3) is 0.400. The number of hydrogen-bond acceptors (Lipinski definition) is 5. The van der Waals surface area contributed by atoms with Gasteiger partial charge in [-0.05, 0) is 25.0 Å². The molecule has 1 aliphatic rings. The minimum Gasteiger partial charge on any atom is -0.383 e. The molecule has 1 saturated heterocycles. The molecular formula is C15H18ClN5O2. The number of carbonyl (C=O) groups excluding carboxylic acids is 1. The molecule has 3 rings (SSSR count). The van der Waals surface area contributed by atoms with Crippen LogP contribution in [0.2, 0.25) is 5.15 Å². The number of hydrogen-bond donors (Lipinski definition) is 2. The summed E-state index contributed by atoms with van der Waals surface area (Å²) in [6.07, 6.45) is 2.06. The first kappa shape index (κ1) is 15.8. The van der Waals surface area contributed by atoms with Crippen LogP contribution < -0.4 is 11.1 Å². The van der Waals surface area contributed by atoms with Crippen molar-refractivity contribution in [2.75, 3.05) is 24.3 Å². The van der Waals surface area contributed by atoms with Crippen LogP contribution in [0.5, 0.6) is 0 Å². The second-order valence-electron chi connectivity index (χ2n) is 5.51. The summed E-state index contributed by atoms with van der Waals surface area (Å²) in [7, 11) is 1.78. The van der Waals surface area contributed by atoms with Gasteiger partial charge in [0.15, 0.2) is 0 Å². The Morgan fingerprint density at radius 2 is 2.35 bits per heavy atom. The van der Waals surface area contributed by atoms with E-state index >= 15 is 0 Å². The first-order valence-corrected chi connectivity index (χ1v) is 7.77. The lowest BCUT2D eigenvalue weighted by molar-refractivity contribution is 0.0791. The molecular weight excluding hydrogens is 318 g/mol. The van der Waals surface area contributed by atoms with Gasteiger partial charge >= 0.3 is 0 Å². The fourth-order valence-corrected chi connectivity index (χ4v) is 2.76. The third-order valence-corrected chi connectivity index (χ3v) is 4.06. The Hall–Kier alpha value is -2.12. The molecule has 23 heavy (non-hydrogen) atoms. The van der Waals surface area contributed by atoms with E-state index < -0.39 is 0 Å². The Kier molecular flexibility index (Phi) is 4.49. The maximum absolute atomic E-state index is 12.3. The van der Waals surface area contributed by atoms with Crippen molar-refractivity contribution in [1.82, 2.24) is 14.8 Å². The predicted molar refractivity (Wildman–Crippen MR) is 87.6 cm³/mol. The van der Waals surface area contributed by atoms with Crippen LogP contribution in [-0.4, -0.2) is 33.9 Å². The maximum Gasteiger partial charge on any atom is 0.260 e. The molecule has 2 aromatic rings. The fourth-order valence-electron chi connectivity index (χ4n) is 2.61. The molecule has 1 unspecified atom stereocenters. The van der Waals surface area contributed by atoms with Gasteiger partial charge in [0, 0.05) is 25.6 Å². The molecule has 0 radical (unpaired) electrons. The lowest BCUT2D eigenvalue weighted by Crippen LogP contribution is -2.16. The van der Waals surface area contributed by atoms with Crippen molar-refractivity contribution in [3.05, 3.63) is 34.6 Å². The third-order valence-electron chi connectivity index (χ3n) is 3.85. The van der Waals surface area contributed by atoms with Gasteiger partial charge in [-0.15, -0.1) is 0 Å². The molecule has 0 saturated carbocycles. The molecule has 0 aromatic carbocycles. The van der Waals surface area contributed by atoms with Crippen molar-refractivity contribution in [2.24, 2.45) is 7.05 Å². The van der Waals surface area contributed by atoms with Crippen molar-refractivity contribution < 1.29 is 9.53 Å². The highest BCUT2D eigenvalue weighted by atomic mass is 35.5. The van der Waals surface area contributed by atoms with Crippen LogP contribution >= 0.6 is 11.6 Å². The largest absolute Gasteiger partial charge is 0.383 e. The summed E-state index contributed by atoms with van der Waals surface area (Å²) in [5.41, 5.74) is 6.94. The van der Waals surface area contributed by atoms with Crippen LogP contribution in [0.3, 0.4) is 0 Å². The first-order chi connectivity index (χ1) is 11.0. The Morgan fingerprint density at radius 3 is 3.04 bits per heavy atom. The summed E-state index contributed by atoms with van der Waals surface area (Å²) >= 11 is 5.75. The van der Waals surface area contributed by atoms with Crippen LogP contribution in [0.4, 0.5) is 11.6 Å². The van der Waals surface area contributed by atoms with E-state index in [9.17, 15) is 4.79 Å². The second kappa shape index (κ2) is 6.55. The van der Waals surface area contributed by atoms with E-state index in [-0.39, 0.29) is 28.4 Å². The van der Waals surface area contributed by atoms with Gasteiger partial charge in [0.1, 0.15) is 16.8 Å². The molecule has 1 fully saturated rings. The minimum atomic E-state index is -0.346. The van der Waals surface area contributed by atoms with Crippen molar-refractivity contribution in [3.63, 3.8) is 0 Å². The number of aryl methyl sites for hydroxylation is 1. The standard InChI is InChI=1S/C15H18ClN5O2/c1-21-13(7-11(20-21)9-3-2-6-23-8-9)19-15(22)10-4-5-12(16)18-14(10)17/h4-5,7,9H,2-3,6,8H2,1H3,(H2,17,18)(H,19,22). The molecule has 0 spiro atoms. The highest BCUT2D eigenvalue weighted by molar-refractivity contribution is 6.29. The van der Waals surface area contributed by atoms with Crippen molar-refractivity contribution in [3.8, 4) is 0 Å². The number of nitrogens with two attached hydrogens (primary N) is 1. The zero-order valence-electron chi connectivity index (χ0n) is 12.8. The van der Waals surface area contributed by atoms with Gasteiger partial charge in [-0.3, -0.25) is 9.48 Å². The van der Waals surface area contributed by atoms with Gasteiger partial charge in [0.25, 0.3) is 5.91 Å². The summed E-state index contributed by atoms with van der Waals surface area (Å²) in [5.74, 6) is 0.618. The van der Waals surface area contributed by atoms with Crippen LogP contribution in [0.15, 0.2) is 18.2 Å². The van der Waals surface area contributed by atoms with Crippen LogP contribution in [0.1, 0.15) is 34.8 Å². The Bertz CT molecular complexity index is 725. The van der Waals surface area contributed by atoms with E-state index in [1.54, 1.807) is 17.8 Å². The number of rotatable bonds is 3. The van der Waals surface area contributed by atoms with Crippen molar-refractivity contribution in [2.45, 2.75) is 18.8 Å². The third kappa shape index (κ3) is 3.46. The second-order valence-corrected chi connectivity index (χ2v) is 5.90. The Balaban J connectivity index is 1.77. The zero-order chi connectivity index (χ0) is 16.4. The average molecular weight is 336 g/mol. The maximum atomic E-state index is 12.3. The highest BCUT2D eigenvalue weighted by Gasteiger charge is 2.21. The van der Waals surface area contributed by atoms with E-state index in [0.29, 0.717) is 12.4 Å². The summed E-state index contributed by atoms with van der Waals surface area (Å²) in [5, 5.41) is 7.52. The SMILES string of the molecule is Cn1nc(C2CCCOC2)cc1NC(=O)c1ccc(Cl)nc1N. The van der Waals surface area contributed by atoms with Gasteiger partial charge in [-0.2, -0.15) is 5.10 Å². The normalized spacial score (nSPS) is 17.9. The summed E-state index contributed by atoms with van der Waals surface area (Å²) in [6, 6.07) is 4.95. The molecule has 0 aliphatic carbocycles. The number of nitrogens with one attached hydrogen (secondary N) is 1. The topological polar surface area (TPSA) is 95.1 Å². The van der Waals surface area contributed by atoms with E-state index in [0.717, 1.165) is 25.1 Å². The molecule has 1 atom stereocenters. The number of pyridine rings is 1. The number of ether oxygens (including phenoxy) is 1. The van der Waals surface area contributed by atoms with Gasteiger partial charge in [0.05, 0.1) is 17.9 Å². The van der Waals surface area contributed by atoms with Gasteiger partial charge in [-0.1, -0.05) is 11.6 Å². The van der Waals surface area contributed by atoms with Crippen molar-refractivity contribution >= 4 is 29.1 Å². The molecule has 122 valence electrons. The smallest absolute Gasteiger partial charge is 0.260 e. The summed E-state index contributed by atoms with van der Waals surface area (Å²) in [6.45, 7) is 1.47. The number of amides is 1. The molecule has 1 aliphatic heterocycles. The predicted octanol–water partition coefficient (Wildman–Crippen LogP) is 2.20. The molecule has 3 N–H and O–H groups in total. The Labute approximate surface area is 138 Å². The van der Waals surface area contributed by atoms with E-state index in [2.05, 4.69) is 15.4 Å². The molecule has 1 amide bonds. The van der Waals surface area contributed by atoms with Gasteiger partial charge < -0.3 is 15.8 Å². The minimum absolute atomic E-state index is 0.0954. The molecule has 7 nitrogen and oxygen atoms in total. The molecule has 3 heterocycles. The lowest BCUT2D eigenvalue weighted by Gasteiger charge is -2.19. The number of halogens is 1. The number of nitrogens with zero attached hydrogens (tertiary/aromatic N) is 3. The highest BCUT2D eigenvalue weighted by Crippen LogP contribution is 2.26. The number of carbonyl (C=O) groups is 1. The number of nitrogen functional groups attached to an aromatic ring is 1. The van der Waals surface area contributed by atoms with Crippen molar-refractivity contribution in [1.29, 1.82) is 0 Å². The van der Waals surface area contributed by atoms with Crippen LogP contribution in [0, 0.1) is 0 Å². The van der Waals surface area contributed by atoms with Crippen LogP contribution in [0.25, 0.3) is 0 Å². The molecule has 0 bridgehead atoms. The lowest BCUT2D eigenvalue weighted by atomic mass is 9.99. The summed E-state index contributed by atoms with van der Waals surface area (Å²) < 4.78 is 7.13. The van der Waals surface area contributed by atoms with E-state index in [4.69, 9.17) is 22.1 Å². The monoisotopic (exact) mass is 335 g/mol. The van der Waals surface area contributed by atoms with E-state index in [1.807, 2.05) is 6.07 Å². The Morgan fingerprint density at radius 1 is 1.52 bits per heavy atom. The van der Waals surface area contributed by atoms with Crippen LogP contribution in [-0.2, 0) is 11.8 Å². The quantitative estimate of drug-likeness (QED) is 0.838. The van der Waals surface area contributed by atoms with E-state index in [1.165, 1.54) is 6.07 Å². The molecule has 2 aromatic heterocycles. The van der Waals surface area contributed by atoms with Gasteiger partial charge in [0.2, 0.25) is 0 Å². The number of anilines is 2. The zero-order valence-corrected chi connectivity index (χ0v) is 13.5. The average Bonchev–Trinajstić information content (AvgIpc) is 2.89. The number of aromatic nitrogens is 3. The first-order valence-electron chi connectivity index (χ1n) is 7.39. The molecule has 8 heteroatoms. The summed E-state index contributed by atoms with van der Waals surface area (Å²) in [4.78, 5) is 16.2. The van der Waals surface area contributed by atoms with Gasteiger partial charge in [-0.25, -0.2) is 4.98 Å².